The molecule has 3 rings (SSSR count). The summed E-state index contributed by atoms with van der Waals surface area (Å²) in [4.78, 5) is 24.7. The third-order valence-corrected chi connectivity index (χ3v) is 4.96. The van der Waals surface area contributed by atoms with Crippen molar-refractivity contribution in [3.63, 3.8) is 0 Å². The molecule has 0 saturated heterocycles. The summed E-state index contributed by atoms with van der Waals surface area (Å²) in [5, 5.41) is 0. The summed E-state index contributed by atoms with van der Waals surface area (Å²) >= 11 is 0. The third-order valence-electron chi connectivity index (χ3n) is 4.96. The maximum atomic E-state index is 11.7. The second-order valence-corrected chi connectivity index (χ2v) is 7.14. The van der Waals surface area contributed by atoms with Crippen molar-refractivity contribution in [1.82, 2.24) is 0 Å². The van der Waals surface area contributed by atoms with Crippen molar-refractivity contribution in [3.05, 3.63) is 107 Å². The van der Waals surface area contributed by atoms with Gasteiger partial charge in [-0.05, 0) is 24.3 Å². The molecule has 34 heavy (non-hydrogen) atoms. The number of rotatable bonds is 8. The van der Waals surface area contributed by atoms with Crippen LogP contribution < -0.4 is 4.90 Å². The molecule has 0 amide bonds. The number of benzene rings is 3. The van der Waals surface area contributed by atoms with Crippen molar-refractivity contribution in [2.75, 3.05) is 14.2 Å². The van der Waals surface area contributed by atoms with E-state index in [1.165, 1.54) is 24.7 Å². The van der Waals surface area contributed by atoms with Crippen molar-refractivity contribution in [1.29, 1.82) is 0 Å². The van der Waals surface area contributed by atoms with Crippen LogP contribution in [0.5, 0.6) is 0 Å². The number of hydrogen-bond acceptors (Lipinski definition) is 4. The Balaban J connectivity index is 0.00000137. The Morgan fingerprint density at radius 3 is 1.21 bits per heavy atom. The van der Waals surface area contributed by atoms with Crippen LogP contribution in [0.2, 0.25) is 0 Å². The van der Waals surface area contributed by atoms with E-state index in [1.807, 2.05) is 70.2 Å². The monoisotopic (exact) mass is 464 g/mol. The number of carbonyl (C=O) groups is 2. The van der Waals surface area contributed by atoms with Gasteiger partial charge in [-0.1, -0.05) is 82.3 Å². The molecular formula is C29H38NO4+. The summed E-state index contributed by atoms with van der Waals surface area (Å²) in [5.74, 6) is -0.665. The number of ether oxygens (including phenoxy) is 2. The predicted octanol–water partition coefficient (Wildman–Crippen LogP) is 5.10. The zero-order valence-corrected chi connectivity index (χ0v) is 21.3. The van der Waals surface area contributed by atoms with Gasteiger partial charge >= 0.3 is 11.9 Å². The van der Waals surface area contributed by atoms with E-state index in [1.54, 1.807) is 24.3 Å². The third kappa shape index (κ3) is 9.20. The molecule has 0 aliphatic carbocycles. The van der Waals surface area contributed by atoms with Gasteiger partial charge in [0.25, 0.3) is 0 Å². The fourth-order valence-electron chi connectivity index (χ4n) is 3.40. The molecule has 0 aromatic heterocycles. The van der Waals surface area contributed by atoms with Gasteiger partial charge < -0.3 is 14.4 Å². The van der Waals surface area contributed by atoms with Gasteiger partial charge in [-0.25, -0.2) is 9.59 Å². The lowest BCUT2D eigenvalue weighted by Crippen LogP contribution is -3.08. The van der Waals surface area contributed by atoms with Crippen LogP contribution in [0, 0.1) is 0 Å². The van der Waals surface area contributed by atoms with Gasteiger partial charge in [-0.15, -0.1) is 0 Å². The first-order valence-corrected chi connectivity index (χ1v) is 11.8. The van der Waals surface area contributed by atoms with Gasteiger partial charge in [-0.3, -0.25) is 0 Å². The Bertz CT molecular complexity index is 906. The van der Waals surface area contributed by atoms with Crippen LogP contribution in [0.4, 0.5) is 0 Å². The van der Waals surface area contributed by atoms with E-state index in [0.29, 0.717) is 11.1 Å². The van der Waals surface area contributed by atoms with E-state index in [-0.39, 0.29) is 11.9 Å². The molecule has 0 atom stereocenters. The number of methoxy groups -OCH3 is 2. The molecule has 0 unspecified atom stereocenters. The second kappa shape index (κ2) is 16.2. The van der Waals surface area contributed by atoms with Gasteiger partial charge in [0.05, 0.1) is 25.3 Å². The molecule has 0 fully saturated rings. The summed E-state index contributed by atoms with van der Waals surface area (Å²) in [5.41, 5.74) is 4.62. The molecule has 5 nitrogen and oxygen atoms in total. The molecule has 0 radical (unpaired) electrons. The van der Waals surface area contributed by atoms with Crippen molar-refractivity contribution in [2.24, 2.45) is 0 Å². The molecule has 0 aliphatic heterocycles. The first-order valence-electron chi connectivity index (χ1n) is 11.8. The van der Waals surface area contributed by atoms with E-state index in [9.17, 15) is 9.59 Å². The minimum absolute atomic E-state index is 0.333. The minimum atomic E-state index is -0.333. The fourth-order valence-corrected chi connectivity index (χ4v) is 3.40. The highest BCUT2D eigenvalue weighted by molar-refractivity contribution is 5.89. The van der Waals surface area contributed by atoms with Crippen LogP contribution in [0.1, 0.15) is 65.1 Å². The SMILES string of the molecule is CC.CC.COC(=O)c1ccc(C[NH+](Cc2ccccc2)Cc2ccc(C(=O)OC)cc2)cc1. The summed E-state index contributed by atoms with van der Waals surface area (Å²) in [6, 6.07) is 25.4. The predicted molar refractivity (Wildman–Crippen MR) is 137 cm³/mol. The largest absolute Gasteiger partial charge is 0.465 e. The van der Waals surface area contributed by atoms with Crippen molar-refractivity contribution in [3.8, 4) is 0 Å². The van der Waals surface area contributed by atoms with Gasteiger partial charge in [0, 0.05) is 16.7 Å². The summed E-state index contributed by atoms with van der Waals surface area (Å²) < 4.78 is 9.55. The van der Waals surface area contributed by atoms with E-state index in [4.69, 9.17) is 9.47 Å². The maximum Gasteiger partial charge on any atom is 0.337 e. The second-order valence-electron chi connectivity index (χ2n) is 7.14. The molecule has 0 spiro atoms. The maximum absolute atomic E-state index is 11.7. The zero-order chi connectivity index (χ0) is 25.3. The average molecular weight is 465 g/mol. The number of esters is 2. The molecule has 0 heterocycles. The van der Waals surface area contributed by atoms with Crippen LogP contribution in [0.3, 0.4) is 0 Å². The Kier molecular flexibility index (Phi) is 13.6. The summed E-state index contributed by atoms with van der Waals surface area (Å²) in [6.45, 7) is 10.5. The molecule has 0 saturated carbocycles. The lowest BCUT2D eigenvalue weighted by Gasteiger charge is -2.20. The molecule has 0 aliphatic rings. The number of hydrogen-bond donors (Lipinski definition) is 1. The lowest BCUT2D eigenvalue weighted by molar-refractivity contribution is -0.941. The first-order chi connectivity index (χ1) is 16.6. The van der Waals surface area contributed by atoms with E-state index >= 15 is 0 Å². The standard InChI is InChI=1S/C25H25NO4.2C2H6/c1-29-24(27)22-12-8-20(9-13-22)17-26(16-19-6-4-3-5-7-19)18-21-10-14-23(15-11-21)25(28)30-2;2*1-2/h3-15H,16-18H2,1-2H3;2*1-2H3/p+1. The molecule has 0 bridgehead atoms. The minimum Gasteiger partial charge on any atom is -0.465 e. The Labute approximate surface area is 204 Å². The van der Waals surface area contributed by atoms with Gasteiger partial charge in [0.15, 0.2) is 0 Å². The molecule has 1 N–H and O–H groups in total. The van der Waals surface area contributed by atoms with Crippen molar-refractivity contribution in [2.45, 2.75) is 47.3 Å². The Morgan fingerprint density at radius 2 is 0.882 bits per heavy atom. The van der Waals surface area contributed by atoms with Crippen LogP contribution in [-0.2, 0) is 29.1 Å². The van der Waals surface area contributed by atoms with Crippen LogP contribution in [0.25, 0.3) is 0 Å². The highest BCUT2D eigenvalue weighted by Crippen LogP contribution is 2.08. The highest BCUT2D eigenvalue weighted by Gasteiger charge is 2.14. The van der Waals surface area contributed by atoms with Crippen molar-refractivity contribution >= 4 is 11.9 Å². The smallest absolute Gasteiger partial charge is 0.337 e. The van der Waals surface area contributed by atoms with E-state index in [2.05, 4.69) is 12.1 Å². The van der Waals surface area contributed by atoms with Gasteiger partial charge in [-0.2, -0.15) is 0 Å². The Hall–Kier alpha value is -3.44. The Morgan fingerprint density at radius 1 is 0.559 bits per heavy atom. The topological polar surface area (TPSA) is 57.0 Å². The quantitative estimate of drug-likeness (QED) is 0.472. The van der Waals surface area contributed by atoms with Crippen LogP contribution >= 0.6 is 0 Å². The van der Waals surface area contributed by atoms with Crippen LogP contribution in [0.15, 0.2) is 78.9 Å². The number of quaternary nitrogens is 1. The van der Waals surface area contributed by atoms with Gasteiger partial charge in [0.2, 0.25) is 0 Å². The van der Waals surface area contributed by atoms with E-state index < -0.39 is 0 Å². The number of nitrogens with one attached hydrogen (secondary N) is 1. The number of carbonyl (C=O) groups excluding carboxylic acids is 2. The van der Waals surface area contributed by atoms with Crippen molar-refractivity contribution < 1.29 is 24.0 Å². The fraction of sp³-hybridized carbons (Fsp3) is 0.310. The zero-order valence-electron chi connectivity index (χ0n) is 21.3. The molecule has 5 heteroatoms. The lowest BCUT2D eigenvalue weighted by atomic mass is 10.1. The molecule has 3 aromatic rings. The van der Waals surface area contributed by atoms with Crippen LogP contribution in [-0.4, -0.2) is 26.2 Å². The normalized spacial score (nSPS) is 9.74. The summed E-state index contributed by atoms with van der Waals surface area (Å²) in [6.07, 6.45) is 0. The molecule has 3 aromatic carbocycles. The van der Waals surface area contributed by atoms with E-state index in [0.717, 1.165) is 30.8 Å². The molecular weight excluding hydrogens is 426 g/mol. The van der Waals surface area contributed by atoms with Gasteiger partial charge in [0.1, 0.15) is 19.6 Å². The summed E-state index contributed by atoms with van der Waals surface area (Å²) in [7, 11) is 2.76. The average Bonchev–Trinajstić information content (AvgIpc) is 2.91. The highest BCUT2D eigenvalue weighted by atomic mass is 16.5. The first kappa shape index (κ1) is 28.6. The molecule has 182 valence electrons.